The van der Waals surface area contributed by atoms with Gasteiger partial charge in [0.1, 0.15) is 11.8 Å². The summed E-state index contributed by atoms with van der Waals surface area (Å²) in [6, 6.07) is 5.19. The van der Waals surface area contributed by atoms with Gasteiger partial charge in [0.15, 0.2) is 0 Å². The van der Waals surface area contributed by atoms with E-state index in [0.29, 0.717) is 0 Å². The van der Waals surface area contributed by atoms with Crippen molar-refractivity contribution in [3.8, 4) is 11.8 Å². The predicted octanol–water partition coefficient (Wildman–Crippen LogP) is 1.95. The van der Waals surface area contributed by atoms with Crippen molar-refractivity contribution in [2.45, 2.75) is 13.0 Å². The fourth-order valence-electron chi connectivity index (χ4n) is 1.04. The minimum absolute atomic E-state index is 0.0965. The molecular formula is C9H6F3NO2. The van der Waals surface area contributed by atoms with Crippen molar-refractivity contribution in [1.82, 2.24) is 0 Å². The number of halogens is 3. The van der Waals surface area contributed by atoms with Gasteiger partial charge in [-0.1, -0.05) is 12.1 Å². The van der Waals surface area contributed by atoms with Crippen LogP contribution in [0.1, 0.15) is 11.1 Å². The Kier molecular flexibility index (Phi) is 3.17. The van der Waals surface area contributed by atoms with Crippen molar-refractivity contribution in [2.75, 3.05) is 0 Å². The molecule has 1 rings (SSSR count). The number of ether oxygens (including phenoxy) is 1. The molecule has 6 heteroatoms. The van der Waals surface area contributed by atoms with Crippen LogP contribution in [0, 0.1) is 11.3 Å². The van der Waals surface area contributed by atoms with Crippen molar-refractivity contribution in [2.24, 2.45) is 0 Å². The summed E-state index contributed by atoms with van der Waals surface area (Å²) in [5.74, 6) is -0.600. The second-order valence-corrected chi connectivity index (χ2v) is 2.61. The summed E-state index contributed by atoms with van der Waals surface area (Å²) in [6.45, 7) is -0.516. The molecule has 80 valence electrons. The number of aliphatic hydroxyl groups excluding tert-OH is 1. The van der Waals surface area contributed by atoms with Gasteiger partial charge in [0, 0.05) is 0 Å². The first-order chi connectivity index (χ1) is 6.98. The van der Waals surface area contributed by atoms with E-state index in [2.05, 4.69) is 4.74 Å². The van der Waals surface area contributed by atoms with E-state index < -0.39 is 18.7 Å². The number of hydrogen-bond acceptors (Lipinski definition) is 3. The van der Waals surface area contributed by atoms with E-state index >= 15 is 0 Å². The summed E-state index contributed by atoms with van der Waals surface area (Å²) >= 11 is 0. The van der Waals surface area contributed by atoms with Gasteiger partial charge in [-0.15, -0.1) is 13.2 Å². The van der Waals surface area contributed by atoms with E-state index in [4.69, 9.17) is 10.4 Å². The van der Waals surface area contributed by atoms with Crippen LogP contribution < -0.4 is 4.74 Å². The molecule has 0 aliphatic heterocycles. The Labute approximate surface area is 83.3 Å². The lowest BCUT2D eigenvalue weighted by molar-refractivity contribution is -0.274. The molecule has 0 unspecified atom stereocenters. The minimum atomic E-state index is -4.85. The van der Waals surface area contributed by atoms with Crippen LogP contribution in [0.2, 0.25) is 0 Å². The Hall–Kier alpha value is -1.74. The van der Waals surface area contributed by atoms with Crippen molar-refractivity contribution in [3.05, 3.63) is 29.3 Å². The smallest absolute Gasteiger partial charge is 0.404 e. The van der Waals surface area contributed by atoms with Crippen LogP contribution in [0.3, 0.4) is 0 Å². The lowest BCUT2D eigenvalue weighted by Gasteiger charge is -2.11. The number of alkyl halides is 3. The van der Waals surface area contributed by atoms with Gasteiger partial charge in [-0.2, -0.15) is 5.26 Å². The summed E-state index contributed by atoms with van der Waals surface area (Å²) in [5, 5.41) is 17.4. The second-order valence-electron chi connectivity index (χ2n) is 2.61. The highest BCUT2D eigenvalue weighted by molar-refractivity contribution is 5.48. The molecule has 0 atom stereocenters. The maximum absolute atomic E-state index is 11.9. The number of nitrogens with zero attached hydrogens (tertiary/aromatic N) is 1. The highest BCUT2D eigenvalue weighted by Crippen LogP contribution is 2.27. The van der Waals surface area contributed by atoms with Crippen LogP contribution in [0.4, 0.5) is 13.2 Å². The van der Waals surface area contributed by atoms with Crippen LogP contribution in [0.5, 0.6) is 5.75 Å². The van der Waals surface area contributed by atoms with E-state index in [1.165, 1.54) is 12.1 Å². The first-order valence-electron chi connectivity index (χ1n) is 3.86. The van der Waals surface area contributed by atoms with Gasteiger partial charge >= 0.3 is 6.36 Å². The zero-order valence-electron chi connectivity index (χ0n) is 7.38. The van der Waals surface area contributed by atoms with E-state index in [1.807, 2.05) is 0 Å². The van der Waals surface area contributed by atoms with Gasteiger partial charge in [0.2, 0.25) is 0 Å². The van der Waals surface area contributed by atoms with Gasteiger partial charge in [0.25, 0.3) is 0 Å². The molecule has 3 nitrogen and oxygen atoms in total. The maximum atomic E-state index is 11.9. The standard InChI is InChI=1S/C9H6F3NO2/c10-9(11,12)15-8-3-1-2-6(5-14)7(8)4-13/h1-3,14H,5H2. The van der Waals surface area contributed by atoms with Crippen molar-refractivity contribution in [3.63, 3.8) is 0 Å². The monoisotopic (exact) mass is 217 g/mol. The zero-order chi connectivity index (χ0) is 11.5. The highest BCUT2D eigenvalue weighted by atomic mass is 19.4. The molecule has 0 spiro atoms. The molecule has 0 fully saturated rings. The number of rotatable bonds is 2. The van der Waals surface area contributed by atoms with Crippen LogP contribution in [-0.4, -0.2) is 11.5 Å². The molecule has 0 aliphatic carbocycles. The SMILES string of the molecule is N#Cc1c(CO)cccc1OC(F)(F)F. The summed E-state index contributed by atoms with van der Waals surface area (Å²) in [4.78, 5) is 0. The van der Waals surface area contributed by atoms with Gasteiger partial charge in [0.05, 0.1) is 12.2 Å². The van der Waals surface area contributed by atoms with Gasteiger partial charge in [-0.25, -0.2) is 0 Å². The molecule has 15 heavy (non-hydrogen) atoms. The largest absolute Gasteiger partial charge is 0.573 e. The zero-order valence-corrected chi connectivity index (χ0v) is 7.38. The maximum Gasteiger partial charge on any atom is 0.573 e. The quantitative estimate of drug-likeness (QED) is 0.823. The highest BCUT2D eigenvalue weighted by Gasteiger charge is 2.32. The number of hydrogen-bond donors (Lipinski definition) is 1. The molecule has 0 aromatic heterocycles. The van der Waals surface area contributed by atoms with E-state index in [1.54, 1.807) is 6.07 Å². The average Bonchev–Trinajstić information content (AvgIpc) is 2.15. The summed E-state index contributed by atoms with van der Waals surface area (Å²) in [6.07, 6.45) is -4.85. The molecule has 0 heterocycles. The molecule has 1 aromatic rings. The Morgan fingerprint density at radius 1 is 1.40 bits per heavy atom. The Morgan fingerprint density at radius 2 is 2.07 bits per heavy atom. The van der Waals surface area contributed by atoms with Crippen molar-refractivity contribution >= 4 is 0 Å². The third kappa shape index (κ3) is 2.86. The molecule has 0 aliphatic rings. The van der Waals surface area contributed by atoms with Crippen LogP contribution in [-0.2, 0) is 6.61 Å². The van der Waals surface area contributed by atoms with Gasteiger partial charge in [-0.05, 0) is 11.6 Å². The second kappa shape index (κ2) is 4.19. The number of aliphatic hydroxyl groups is 1. The van der Waals surface area contributed by atoms with Gasteiger partial charge in [-0.3, -0.25) is 0 Å². The third-order valence-electron chi connectivity index (χ3n) is 1.62. The average molecular weight is 217 g/mol. The third-order valence-corrected chi connectivity index (χ3v) is 1.62. The number of nitriles is 1. The Bertz CT molecular complexity index is 395. The fraction of sp³-hybridized carbons (Fsp3) is 0.222. The molecule has 0 saturated carbocycles. The Balaban J connectivity index is 3.14. The van der Waals surface area contributed by atoms with Crippen LogP contribution in [0.15, 0.2) is 18.2 Å². The predicted molar refractivity (Wildman–Crippen MR) is 43.8 cm³/mol. The molecule has 0 saturated heterocycles. The van der Waals surface area contributed by atoms with E-state index in [0.717, 1.165) is 6.07 Å². The number of benzene rings is 1. The lowest BCUT2D eigenvalue weighted by atomic mass is 10.1. The molecule has 0 amide bonds. The minimum Gasteiger partial charge on any atom is -0.404 e. The fourth-order valence-corrected chi connectivity index (χ4v) is 1.04. The van der Waals surface area contributed by atoms with Gasteiger partial charge < -0.3 is 9.84 Å². The summed E-state index contributed by atoms with van der Waals surface area (Å²) in [5.41, 5.74) is -0.212. The summed E-state index contributed by atoms with van der Waals surface area (Å²) < 4.78 is 39.3. The first kappa shape index (κ1) is 11.3. The van der Waals surface area contributed by atoms with E-state index in [9.17, 15) is 13.2 Å². The van der Waals surface area contributed by atoms with Crippen molar-refractivity contribution in [1.29, 1.82) is 5.26 Å². The van der Waals surface area contributed by atoms with E-state index in [-0.39, 0.29) is 11.1 Å². The first-order valence-corrected chi connectivity index (χ1v) is 3.86. The normalized spacial score (nSPS) is 10.9. The lowest BCUT2D eigenvalue weighted by Crippen LogP contribution is -2.18. The molecule has 1 aromatic carbocycles. The molecular weight excluding hydrogens is 211 g/mol. The van der Waals surface area contributed by atoms with Crippen LogP contribution >= 0.6 is 0 Å². The summed E-state index contributed by atoms with van der Waals surface area (Å²) in [7, 11) is 0. The van der Waals surface area contributed by atoms with Crippen LogP contribution in [0.25, 0.3) is 0 Å². The Morgan fingerprint density at radius 3 is 2.53 bits per heavy atom. The topological polar surface area (TPSA) is 53.2 Å². The molecule has 1 N–H and O–H groups in total. The van der Waals surface area contributed by atoms with Crippen molar-refractivity contribution < 1.29 is 23.0 Å². The molecule has 0 bridgehead atoms. The molecule has 0 radical (unpaired) electrons.